The molecule has 1 atom stereocenters. The van der Waals surface area contributed by atoms with Gasteiger partial charge in [0.25, 0.3) is 10.0 Å². The van der Waals surface area contributed by atoms with Gasteiger partial charge in [0, 0.05) is 6.61 Å². The second kappa shape index (κ2) is 6.66. The first-order chi connectivity index (χ1) is 10.3. The fourth-order valence-corrected chi connectivity index (χ4v) is 3.97. The topological polar surface area (TPSA) is 81.7 Å². The van der Waals surface area contributed by atoms with Crippen molar-refractivity contribution in [2.45, 2.75) is 31.6 Å². The SMILES string of the molecule is COc1c(C)cc(C)cc1S(=O)(=O)NC(=O)C1CCCOC1. The molecule has 122 valence electrons. The molecule has 1 aliphatic heterocycles. The third kappa shape index (κ3) is 3.59. The second-order valence-corrected chi connectivity index (χ2v) is 7.15. The van der Waals surface area contributed by atoms with E-state index in [1.807, 2.05) is 6.07 Å². The maximum atomic E-state index is 12.5. The van der Waals surface area contributed by atoms with Crippen molar-refractivity contribution in [2.75, 3.05) is 20.3 Å². The molecule has 1 fully saturated rings. The molecule has 1 unspecified atom stereocenters. The lowest BCUT2D eigenvalue weighted by Gasteiger charge is -2.21. The first-order valence-corrected chi connectivity index (χ1v) is 8.63. The lowest BCUT2D eigenvalue weighted by atomic mass is 10.0. The van der Waals surface area contributed by atoms with E-state index in [9.17, 15) is 13.2 Å². The van der Waals surface area contributed by atoms with Gasteiger partial charge < -0.3 is 9.47 Å². The summed E-state index contributed by atoms with van der Waals surface area (Å²) in [6.45, 7) is 4.43. The molecule has 0 aromatic heterocycles. The van der Waals surface area contributed by atoms with Crippen molar-refractivity contribution < 1.29 is 22.7 Å². The van der Waals surface area contributed by atoms with E-state index in [0.717, 1.165) is 12.0 Å². The lowest BCUT2D eigenvalue weighted by Crippen LogP contribution is -2.39. The number of aryl methyl sites for hydroxylation is 2. The minimum atomic E-state index is -3.98. The van der Waals surface area contributed by atoms with Crippen LogP contribution in [0.1, 0.15) is 24.0 Å². The molecule has 1 heterocycles. The first-order valence-electron chi connectivity index (χ1n) is 7.15. The Morgan fingerprint density at radius 2 is 2.09 bits per heavy atom. The van der Waals surface area contributed by atoms with E-state index in [2.05, 4.69) is 4.72 Å². The molecule has 0 radical (unpaired) electrons. The molecular weight excluding hydrogens is 306 g/mol. The van der Waals surface area contributed by atoms with Crippen molar-refractivity contribution in [3.05, 3.63) is 23.3 Å². The minimum Gasteiger partial charge on any atom is -0.495 e. The largest absolute Gasteiger partial charge is 0.495 e. The van der Waals surface area contributed by atoms with Gasteiger partial charge in [0.05, 0.1) is 19.6 Å². The quantitative estimate of drug-likeness (QED) is 0.907. The average molecular weight is 327 g/mol. The van der Waals surface area contributed by atoms with E-state index < -0.39 is 21.8 Å². The van der Waals surface area contributed by atoms with E-state index in [-0.39, 0.29) is 17.3 Å². The van der Waals surface area contributed by atoms with Crippen LogP contribution in [0.5, 0.6) is 5.75 Å². The molecule has 22 heavy (non-hydrogen) atoms. The molecule has 1 aromatic rings. The summed E-state index contributed by atoms with van der Waals surface area (Å²) >= 11 is 0. The van der Waals surface area contributed by atoms with Gasteiger partial charge in [-0.25, -0.2) is 13.1 Å². The van der Waals surface area contributed by atoms with Gasteiger partial charge in [0.15, 0.2) is 0 Å². The van der Waals surface area contributed by atoms with Gasteiger partial charge in [-0.3, -0.25) is 4.79 Å². The average Bonchev–Trinajstić information content (AvgIpc) is 2.47. The van der Waals surface area contributed by atoms with Gasteiger partial charge in [-0.05, 0) is 43.9 Å². The summed E-state index contributed by atoms with van der Waals surface area (Å²) in [6.07, 6.45) is 1.39. The van der Waals surface area contributed by atoms with Crippen LogP contribution in [0.15, 0.2) is 17.0 Å². The summed E-state index contributed by atoms with van der Waals surface area (Å²) in [5, 5.41) is 0. The van der Waals surface area contributed by atoms with Crippen molar-refractivity contribution >= 4 is 15.9 Å². The van der Waals surface area contributed by atoms with Gasteiger partial charge in [-0.1, -0.05) is 6.07 Å². The highest BCUT2D eigenvalue weighted by molar-refractivity contribution is 7.90. The van der Waals surface area contributed by atoms with E-state index in [1.54, 1.807) is 13.8 Å². The monoisotopic (exact) mass is 327 g/mol. The van der Waals surface area contributed by atoms with Crippen LogP contribution in [-0.4, -0.2) is 34.6 Å². The molecular formula is C15H21NO5S. The fraction of sp³-hybridized carbons (Fsp3) is 0.533. The number of nitrogens with one attached hydrogen (secondary N) is 1. The Morgan fingerprint density at radius 3 is 2.68 bits per heavy atom. The normalized spacial score (nSPS) is 18.8. The van der Waals surface area contributed by atoms with Crippen LogP contribution in [0.4, 0.5) is 0 Å². The number of ether oxygens (including phenoxy) is 2. The molecule has 1 aliphatic rings. The van der Waals surface area contributed by atoms with E-state index in [1.165, 1.54) is 13.2 Å². The van der Waals surface area contributed by atoms with Crippen molar-refractivity contribution in [2.24, 2.45) is 5.92 Å². The predicted octanol–water partition coefficient (Wildman–Crippen LogP) is 1.54. The van der Waals surface area contributed by atoms with Crippen LogP contribution in [0, 0.1) is 19.8 Å². The maximum absolute atomic E-state index is 12.5. The first kappa shape index (κ1) is 16.8. The third-order valence-electron chi connectivity index (χ3n) is 3.64. The van der Waals surface area contributed by atoms with Gasteiger partial charge in [-0.15, -0.1) is 0 Å². The standard InChI is InChI=1S/C15H21NO5S/c1-10-7-11(2)14(20-3)13(8-10)22(18,19)16-15(17)12-5-4-6-21-9-12/h7-8,12H,4-6,9H2,1-3H3,(H,16,17). The highest BCUT2D eigenvalue weighted by Crippen LogP contribution is 2.29. The van der Waals surface area contributed by atoms with Gasteiger partial charge in [0.2, 0.25) is 5.91 Å². The van der Waals surface area contributed by atoms with Gasteiger partial charge in [0.1, 0.15) is 10.6 Å². The molecule has 7 heteroatoms. The number of rotatable bonds is 4. The predicted molar refractivity (Wildman–Crippen MR) is 81.3 cm³/mol. The number of sulfonamides is 1. The third-order valence-corrected chi connectivity index (χ3v) is 5.00. The zero-order valence-electron chi connectivity index (χ0n) is 13.0. The number of hydrogen-bond donors (Lipinski definition) is 1. The summed E-state index contributed by atoms with van der Waals surface area (Å²) in [5.41, 5.74) is 1.49. The highest BCUT2D eigenvalue weighted by atomic mass is 32.2. The van der Waals surface area contributed by atoms with Crippen LogP contribution >= 0.6 is 0 Å². The molecule has 2 rings (SSSR count). The second-order valence-electron chi connectivity index (χ2n) is 5.50. The van der Waals surface area contributed by atoms with E-state index >= 15 is 0 Å². The minimum absolute atomic E-state index is 0.0161. The smallest absolute Gasteiger partial charge is 0.267 e. The number of amides is 1. The van der Waals surface area contributed by atoms with Crippen molar-refractivity contribution in [3.63, 3.8) is 0 Å². The Morgan fingerprint density at radius 1 is 1.36 bits per heavy atom. The van der Waals surface area contributed by atoms with Crippen LogP contribution in [0.3, 0.4) is 0 Å². The zero-order valence-corrected chi connectivity index (χ0v) is 13.8. The summed E-state index contributed by atoms with van der Waals surface area (Å²) in [4.78, 5) is 12.1. The Labute approximate surface area is 130 Å². The summed E-state index contributed by atoms with van der Waals surface area (Å²) < 4.78 is 37.6. The molecule has 0 saturated carbocycles. The summed E-state index contributed by atoms with van der Waals surface area (Å²) in [6, 6.07) is 3.33. The summed E-state index contributed by atoms with van der Waals surface area (Å²) in [7, 11) is -2.57. The fourth-order valence-electron chi connectivity index (χ4n) is 2.59. The van der Waals surface area contributed by atoms with E-state index in [4.69, 9.17) is 9.47 Å². The van der Waals surface area contributed by atoms with Gasteiger partial charge in [-0.2, -0.15) is 0 Å². The molecule has 0 spiro atoms. The maximum Gasteiger partial charge on any atom is 0.267 e. The van der Waals surface area contributed by atoms with Crippen molar-refractivity contribution in [1.29, 1.82) is 0 Å². The number of methoxy groups -OCH3 is 1. The van der Waals surface area contributed by atoms with E-state index in [0.29, 0.717) is 18.6 Å². The van der Waals surface area contributed by atoms with Crippen LogP contribution in [0.25, 0.3) is 0 Å². The number of carbonyl (C=O) groups excluding carboxylic acids is 1. The number of carbonyl (C=O) groups is 1. The highest BCUT2D eigenvalue weighted by Gasteiger charge is 2.28. The Bertz CT molecular complexity index is 663. The molecule has 0 bridgehead atoms. The molecule has 0 aliphatic carbocycles. The Balaban J connectivity index is 2.28. The molecule has 1 aromatic carbocycles. The lowest BCUT2D eigenvalue weighted by molar-refractivity contribution is -0.127. The van der Waals surface area contributed by atoms with Gasteiger partial charge >= 0.3 is 0 Å². The van der Waals surface area contributed by atoms with Crippen molar-refractivity contribution in [1.82, 2.24) is 4.72 Å². The van der Waals surface area contributed by atoms with Crippen LogP contribution < -0.4 is 9.46 Å². The summed E-state index contributed by atoms with van der Waals surface area (Å²) in [5.74, 6) is -0.702. The van der Waals surface area contributed by atoms with Crippen LogP contribution in [-0.2, 0) is 19.6 Å². The zero-order chi connectivity index (χ0) is 16.3. The molecule has 1 saturated heterocycles. The van der Waals surface area contributed by atoms with Crippen molar-refractivity contribution in [3.8, 4) is 5.75 Å². The van der Waals surface area contributed by atoms with Crippen LogP contribution in [0.2, 0.25) is 0 Å². The molecule has 1 amide bonds. The number of benzene rings is 1. The molecule has 6 nitrogen and oxygen atoms in total. The molecule has 1 N–H and O–H groups in total. The Hall–Kier alpha value is -1.60. The Kier molecular flexibility index (Phi) is 5.08. The number of hydrogen-bond acceptors (Lipinski definition) is 5.